The van der Waals surface area contributed by atoms with Gasteiger partial charge in [-0.15, -0.1) is 0 Å². The first-order chi connectivity index (χ1) is 15.6. The number of fused-ring (bicyclic) bond motifs is 1. The van der Waals surface area contributed by atoms with Gasteiger partial charge in [-0.2, -0.15) is 0 Å². The molecule has 0 fully saturated rings. The van der Waals surface area contributed by atoms with Crippen LogP contribution >= 0.6 is 11.8 Å². The summed E-state index contributed by atoms with van der Waals surface area (Å²) in [7, 11) is 0. The number of nitrogens with zero attached hydrogens (tertiary/aromatic N) is 2. The van der Waals surface area contributed by atoms with Gasteiger partial charge in [-0.25, -0.2) is 4.98 Å². The lowest BCUT2D eigenvalue weighted by Gasteiger charge is -2.14. The van der Waals surface area contributed by atoms with Crippen LogP contribution in [-0.2, 0) is 5.75 Å². The fraction of sp³-hybridized carbons (Fsp3) is 0.111. The van der Waals surface area contributed by atoms with E-state index in [1.807, 2.05) is 79.9 Å². The molecular formula is C27H23N3OS. The molecular weight excluding hydrogens is 414 g/mol. The second-order valence-corrected chi connectivity index (χ2v) is 8.82. The monoisotopic (exact) mass is 437 g/mol. The minimum Gasteiger partial charge on any atom is -0.355 e. The van der Waals surface area contributed by atoms with E-state index in [2.05, 4.69) is 24.0 Å². The molecule has 5 aromatic rings. The maximum atomic E-state index is 13.7. The van der Waals surface area contributed by atoms with Crippen LogP contribution in [0.4, 0.5) is 0 Å². The second-order valence-electron chi connectivity index (χ2n) is 7.88. The maximum Gasteiger partial charge on any atom is 0.283 e. The van der Waals surface area contributed by atoms with Crippen molar-refractivity contribution in [2.24, 2.45) is 0 Å². The van der Waals surface area contributed by atoms with Crippen molar-refractivity contribution < 1.29 is 0 Å². The van der Waals surface area contributed by atoms with Crippen LogP contribution in [0.25, 0.3) is 27.8 Å². The molecule has 32 heavy (non-hydrogen) atoms. The van der Waals surface area contributed by atoms with Gasteiger partial charge in [-0.3, -0.25) is 9.36 Å². The zero-order valence-electron chi connectivity index (χ0n) is 18.0. The molecule has 0 atom stereocenters. The summed E-state index contributed by atoms with van der Waals surface area (Å²) in [5.41, 5.74) is 7.50. The zero-order valence-corrected chi connectivity index (χ0v) is 18.8. The van der Waals surface area contributed by atoms with Crippen LogP contribution in [0.1, 0.15) is 16.7 Å². The Morgan fingerprint density at radius 3 is 2.50 bits per heavy atom. The quantitative estimate of drug-likeness (QED) is 0.260. The molecule has 5 rings (SSSR count). The van der Waals surface area contributed by atoms with Gasteiger partial charge in [-0.1, -0.05) is 78.5 Å². The number of benzene rings is 3. The van der Waals surface area contributed by atoms with Crippen LogP contribution in [0.5, 0.6) is 0 Å². The molecule has 0 radical (unpaired) electrons. The van der Waals surface area contributed by atoms with Crippen molar-refractivity contribution in [2.45, 2.75) is 24.8 Å². The van der Waals surface area contributed by atoms with Crippen molar-refractivity contribution in [3.63, 3.8) is 0 Å². The molecule has 2 aromatic heterocycles. The van der Waals surface area contributed by atoms with Gasteiger partial charge in [0, 0.05) is 17.5 Å². The number of nitrogens with one attached hydrogen (secondary N) is 1. The fourth-order valence-electron chi connectivity index (χ4n) is 3.88. The first-order valence-corrected chi connectivity index (χ1v) is 11.5. The molecule has 5 heteroatoms. The van der Waals surface area contributed by atoms with Gasteiger partial charge in [0.2, 0.25) is 0 Å². The van der Waals surface area contributed by atoms with E-state index in [9.17, 15) is 4.79 Å². The number of H-pyrrole nitrogens is 1. The van der Waals surface area contributed by atoms with Crippen LogP contribution < -0.4 is 5.56 Å². The second kappa shape index (κ2) is 8.52. The van der Waals surface area contributed by atoms with Gasteiger partial charge in [0.25, 0.3) is 5.56 Å². The highest BCUT2D eigenvalue weighted by Crippen LogP contribution is 2.30. The van der Waals surface area contributed by atoms with Gasteiger partial charge < -0.3 is 4.98 Å². The molecule has 0 aliphatic rings. The Hall–Kier alpha value is -3.57. The summed E-state index contributed by atoms with van der Waals surface area (Å²) < 4.78 is 1.73. The van der Waals surface area contributed by atoms with Gasteiger partial charge in [0.1, 0.15) is 11.0 Å². The normalized spacial score (nSPS) is 11.2. The van der Waals surface area contributed by atoms with Gasteiger partial charge in [0.05, 0.1) is 5.69 Å². The van der Waals surface area contributed by atoms with Crippen LogP contribution in [0.15, 0.2) is 95.0 Å². The topological polar surface area (TPSA) is 50.7 Å². The third-order valence-electron chi connectivity index (χ3n) is 5.63. The number of aromatic amines is 1. The lowest BCUT2D eigenvalue weighted by Crippen LogP contribution is -2.22. The Labute approximate surface area is 191 Å². The molecule has 4 nitrogen and oxygen atoms in total. The Morgan fingerprint density at radius 1 is 0.938 bits per heavy atom. The van der Waals surface area contributed by atoms with Crippen LogP contribution in [0.2, 0.25) is 0 Å². The van der Waals surface area contributed by atoms with E-state index < -0.39 is 0 Å². The number of aryl methyl sites for hydroxylation is 2. The summed E-state index contributed by atoms with van der Waals surface area (Å²) in [6.45, 7) is 4.14. The average molecular weight is 438 g/mol. The lowest BCUT2D eigenvalue weighted by atomic mass is 10.1. The van der Waals surface area contributed by atoms with E-state index in [0.29, 0.717) is 16.2 Å². The molecule has 158 valence electrons. The first-order valence-electron chi connectivity index (χ1n) is 10.6. The van der Waals surface area contributed by atoms with E-state index >= 15 is 0 Å². The SMILES string of the molecule is Cc1cccc(-n2c(SCc3ccccc3C)nc3c(-c4ccccc4)c[nH]c3c2=O)c1. The molecule has 0 saturated carbocycles. The number of rotatable bonds is 5. The fourth-order valence-corrected chi connectivity index (χ4v) is 4.96. The van der Waals surface area contributed by atoms with E-state index in [1.165, 1.54) is 11.1 Å². The zero-order chi connectivity index (χ0) is 22.1. The Kier molecular flexibility index (Phi) is 5.41. The molecule has 0 amide bonds. The van der Waals surface area contributed by atoms with Crippen molar-refractivity contribution in [3.8, 4) is 16.8 Å². The van der Waals surface area contributed by atoms with Crippen molar-refractivity contribution >= 4 is 22.8 Å². The minimum atomic E-state index is -0.0879. The largest absolute Gasteiger partial charge is 0.355 e. The summed E-state index contributed by atoms with van der Waals surface area (Å²) in [6.07, 6.45) is 1.88. The van der Waals surface area contributed by atoms with Gasteiger partial charge >= 0.3 is 0 Å². The maximum absolute atomic E-state index is 13.7. The summed E-state index contributed by atoms with van der Waals surface area (Å²) >= 11 is 1.59. The number of aromatic nitrogens is 3. The highest BCUT2D eigenvalue weighted by Gasteiger charge is 2.18. The van der Waals surface area contributed by atoms with E-state index in [-0.39, 0.29) is 5.56 Å². The van der Waals surface area contributed by atoms with Gasteiger partial charge in [0.15, 0.2) is 5.16 Å². The van der Waals surface area contributed by atoms with E-state index in [4.69, 9.17) is 4.98 Å². The summed E-state index contributed by atoms with van der Waals surface area (Å²) in [6, 6.07) is 26.4. The van der Waals surface area contributed by atoms with Crippen molar-refractivity contribution in [3.05, 3.63) is 112 Å². The van der Waals surface area contributed by atoms with Gasteiger partial charge in [-0.05, 0) is 48.2 Å². The molecule has 0 saturated heterocycles. The number of thioether (sulfide) groups is 1. The standard InChI is InChI=1S/C27H23N3OS/c1-18-9-8-14-22(15-18)30-26(31)25-24(23(16-28-25)20-11-4-3-5-12-20)29-27(30)32-17-21-13-7-6-10-19(21)2/h3-16,28H,17H2,1-2H3. The smallest absolute Gasteiger partial charge is 0.283 e. The molecule has 3 aromatic carbocycles. The summed E-state index contributed by atoms with van der Waals surface area (Å²) in [5, 5.41) is 0.688. The number of hydrogen-bond acceptors (Lipinski definition) is 3. The van der Waals surface area contributed by atoms with Crippen LogP contribution in [0, 0.1) is 13.8 Å². The highest BCUT2D eigenvalue weighted by molar-refractivity contribution is 7.98. The Balaban J connectivity index is 1.70. The molecule has 0 aliphatic heterocycles. The summed E-state index contributed by atoms with van der Waals surface area (Å²) in [4.78, 5) is 21.9. The van der Waals surface area contributed by atoms with Crippen molar-refractivity contribution in [2.75, 3.05) is 0 Å². The molecule has 0 spiro atoms. The van der Waals surface area contributed by atoms with E-state index in [1.54, 1.807) is 16.3 Å². The van der Waals surface area contributed by atoms with Crippen LogP contribution in [0.3, 0.4) is 0 Å². The van der Waals surface area contributed by atoms with Crippen molar-refractivity contribution in [1.82, 2.24) is 14.5 Å². The van der Waals surface area contributed by atoms with E-state index in [0.717, 1.165) is 28.1 Å². The van der Waals surface area contributed by atoms with Crippen molar-refractivity contribution in [1.29, 1.82) is 0 Å². The first kappa shape index (κ1) is 20.3. The predicted octanol–water partition coefficient (Wildman–Crippen LogP) is 6.29. The molecule has 1 N–H and O–H groups in total. The Bertz CT molecular complexity index is 1470. The molecule has 2 heterocycles. The van der Waals surface area contributed by atoms with Crippen LogP contribution in [-0.4, -0.2) is 14.5 Å². The predicted molar refractivity (Wildman–Crippen MR) is 133 cm³/mol. The molecule has 0 bridgehead atoms. The molecule has 0 unspecified atom stereocenters. The lowest BCUT2D eigenvalue weighted by molar-refractivity contribution is 0.817. The average Bonchev–Trinajstić information content (AvgIpc) is 3.23. The Morgan fingerprint density at radius 2 is 1.72 bits per heavy atom. The third kappa shape index (κ3) is 3.76. The summed E-state index contributed by atoms with van der Waals surface area (Å²) in [5.74, 6) is 0.738. The number of hydrogen-bond donors (Lipinski definition) is 1. The highest BCUT2D eigenvalue weighted by atomic mass is 32.2. The third-order valence-corrected chi connectivity index (χ3v) is 6.62. The molecule has 0 aliphatic carbocycles. The minimum absolute atomic E-state index is 0.0879.